The second-order valence-electron chi connectivity index (χ2n) is 9.17. The van der Waals surface area contributed by atoms with Crippen LogP contribution in [0.3, 0.4) is 0 Å². The van der Waals surface area contributed by atoms with Crippen LogP contribution in [0.5, 0.6) is 0 Å². The molecule has 3 nitrogen and oxygen atoms in total. The van der Waals surface area contributed by atoms with E-state index in [-0.39, 0.29) is 6.04 Å². The minimum absolute atomic E-state index is 0.154. The topological polar surface area (TPSA) is 37.4 Å². The summed E-state index contributed by atoms with van der Waals surface area (Å²) in [5.74, 6) is 3.91. The van der Waals surface area contributed by atoms with E-state index >= 15 is 0 Å². The minimum atomic E-state index is -3.43. The monoisotopic (exact) mass is 371 g/mol. The predicted octanol–water partition coefficient (Wildman–Crippen LogP) is 4.39. The van der Waals surface area contributed by atoms with Crippen molar-refractivity contribution in [2.75, 3.05) is 6.54 Å². The van der Waals surface area contributed by atoms with Gasteiger partial charge in [0.1, 0.15) is 0 Å². The summed E-state index contributed by atoms with van der Waals surface area (Å²) in [5.41, 5.74) is 1.10. The van der Waals surface area contributed by atoms with Crippen LogP contribution < -0.4 is 0 Å². The third-order valence-electron chi connectivity index (χ3n) is 7.57. The second kappa shape index (κ2) is 6.20. The molecule has 140 valence electrons. The summed E-state index contributed by atoms with van der Waals surface area (Å²) < 4.78 is 28.7. The average molecular weight is 372 g/mol. The molecule has 5 aliphatic rings. The SMILES string of the molecule is Cc1ccc(S(=O)(=O)N2CC=CCC2C2C3CC4CC(C3)CC2C4)cc1. The first-order chi connectivity index (χ1) is 12.5. The number of hydrogen-bond acceptors (Lipinski definition) is 2. The van der Waals surface area contributed by atoms with Gasteiger partial charge in [-0.25, -0.2) is 8.42 Å². The number of hydrogen-bond donors (Lipinski definition) is 0. The summed E-state index contributed by atoms with van der Waals surface area (Å²) in [6, 6.07) is 7.52. The van der Waals surface area contributed by atoms with E-state index in [0.29, 0.717) is 17.4 Å². The van der Waals surface area contributed by atoms with E-state index in [0.717, 1.165) is 35.7 Å². The fraction of sp³-hybridized carbons (Fsp3) is 0.636. The lowest BCUT2D eigenvalue weighted by molar-refractivity contribution is -0.0621. The molecule has 4 aliphatic carbocycles. The number of sulfonamides is 1. The van der Waals surface area contributed by atoms with E-state index in [1.165, 1.54) is 32.1 Å². The van der Waals surface area contributed by atoms with Crippen LogP contribution in [0.15, 0.2) is 41.3 Å². The van der Waals surface area contributed by atoms with Crippen LogP contribution in [0.4, 0.5) is 0 Å². The summed E-state index contributed by atoms with van der Waals surface area (Å²) in [4.78, 5) is 0.451. The third kappa shape index (κ3) is 2.68. The van der Waals surface area contributed by atoms with Crippen molar-refractivity contribution < 1.29 is 8.42 Å². The van der Waals surface area contributed by atoms with Crippen LogP contribution in [-0.2, 0) is 10.0 Å². The van der Waals surface area contributed by atoms with Gasteiger partial charge in [0.25, 0.3) is 0 Å². The van der Waals surface area contributed by atoms with Crippen LogP contribution in [0, 0.1) is 36.5 Å². The second-order valence-corrected chi connectivity index (χ2v) is 11.1. The summed E-state index contributed by atoms with van der Waals surface area (Å²) in [6.45, 7) is 2.53. The first kappa shape index (κ1) is 17.0. The molecule has 0 amide bonds. The molecule has 1 aromatic rings. The highest BCUT2D eigenvalue weighted by Gasteiger charge is 2.52. The van der Waals surface area contributed by atoms with Gasteiger partial charge in [0.2, 0.25) is 10.0 Å². The molecular weight excluding hydrogens is 342 g/mol. The number of benzene rings is 1. The largest absolute Gasteiger partial charge is 0.243 e. The molecule has 4 bridgehead atoms. The van der Waals surface area contributed by atoms with Crippen LogP contribution in [0.25, 0.3) is 0 Å². The lowest BCUT2D eigenvalue weighted by Crippen LogP contribution is -2.55. The van der Waals surface area contributed by atoms with Gasteiger partial charge in [0.05, 0.1) is 4.90 Å². The Morgan fingerprint density at radius 3 is 2.12 bits per heavy atom. The Bertz CT molecular complexity index is 783. The fourth-order valence-corrected chi connectivity index (χ4v) is 8.35. The Morgan fingerprint density at radius 2 is 1.50 bits per heavy atom. The molecule has 0 aromatic heterocycles. The van der Waals surface area contributed by atoms with Gasteiger partial charge >= 0.3 is 0 Å². The van der Waals surface area contributed by atoms with E-state index in [2.05, 4.69) is 6.08 Å². The number of aryl methyl sites for hydroxylation is 1. The molecule has 0 radical (unpaired) electrons. The average Bonchev–Trinajstić information content (AvgIpc) is 2.61. The van der Waals surface area contributed by atoms with Gasteiger partial charge in [0, 0.05) is 12.6 Å². The molecule has 1 aromatic carbocycles. The van der Waals surface area contributed by atoms with E-state index < -0.39 is 10.0 Å². The first-order valence-electron chi connectivity index (χ1n) is 10.3. The van der Waals surface area contributed by atoms with Crippen molar-refractivity contribution in [1.82, 2.24) is 4.31 Å². The van der Waals surface area contributed by atoms with Crippen molar-refractivity contribution in [3.8, 4) is 0 Å². The number of rotatable bonds is 3. The normalized spacial score (nSPS) is 39.4. The molecule has 0 spiro atoms. The summed E-state index contributed by atoms with van der Waals surface area (Å²) in [6.07, 6.45) is 12.0. The highest BCUT2D eigenvalue weighted by molar-refractivity contribution is 7.89. The van der Waals surface area contributed by atoms with Crippen molar-refractivity contribution >= 4 is 10.0 Å². The Balaban J connectivity index is 1.48. The Hall–Kier alpha value is -1.13. The first-order valence-corrected chi connectivity index (χ1v) is 11.7. The minimum Gasteiger partial charge on any atom is -0.207 e. The third-order valence-corrected chi connectivity index (χ3v) is 9.48. The lowest BCUT2D eigenvalue weighted by Gasteiger charge is -2.57. The van der Waals surface area contributed by atoms with Gasteiger partial charge in [-0.15, -0.1) is 0 Å². The molecule has 1 heterocycles. The van der Waals surface area contributed by atoms with Crippen molar-refractivity contribution in [2.24, 2.45) is 29.6 Å². The smallest absolute Gasteiger partial charge is 0.207 e. The van der Waals surface area contributed by atoms with Gasteiger partial charge in [0.15, 0.2) is 0 Å². The standard InChI is InChI=1S/C22H29NO2S/c1-15-5-7-20(8-6-15)26(24,25)23-9-3-2-4-21(23)22-18-11-16-10-17(13-18)14-19(22)12-16/h2-3,5-8,16-19,21-22H,4,9-14H2,1H3. The predicted molar refractivity (Wildman–Crippen MR) is 103 cm³/mol. The fourth-order valence-electron chi connectivity index (χ4n) is 6.73. The van der Waals surface area contributed by atoms with Crippen molar-refractivity contribution in [1.29, 1.82) is 0 Å². The molecule has 1 aliphatic heterocycles. The molecule has 1 atom stereocenters. The molecule has 6 rings (SSSR count). The molecule has 0 N–H and O–H groups in total. The van der Waals surface area contributed by atoms with Gasteiger partial charge in [-0.1, -0.05) is 29.8 Å². The van der Waals surface area contributed by atoms with E-state index in [1.54, 1.807) is 12.1 Å². The molecule has 1 unspecified atom stereocenters. The van der Waals surface area contributed by atoms with Crippen LogP contribution in [0.2, 0.25) is 0 Å². The van der Waals surface area contributed by atoms with E-state index in [1.807, 2.05) is 29.4 Å². The molecule has 4 saturated carbocycles. The Morgan fingerprint density at radius 1 is 0.885 bits per heavy atom. The van der Waals surface area contributed by atoms with Crippen molar-refractivity contribution in [3.63, 3.8) is 0 Å². The maximum atomic E-state index is 13.4. The summed E-state index contributed by atoms with van der Waals surface area (Å²) in [7, 11) is -3.43. The zero-order chi connectivity index (χ0) is 17.9. The molecule has 4 fully saturated rings. The van der Waals surface area contributed by atoms with Crippen molar-refractivity contribution in [2.45, 2.75) is 56.4 Å². The summed E-state index contributed by atoms with van der Waals surface area (Å²) >= 11 is 0. The van der Waals surface area contributed by atoms with Gasteiger partial charge in [-0.3, -0.25) is 0 Å². The number of nitrogens with zero attached hydrogens (tertiary/aromatic N) is 1. The van der Waals surface area contributed by atoms with Gasteiger partial charge in [-0.2, -0.15) is 4.31 Å². The van der Waals surface area contributed by atoms with Gasteiger partial charge < -0.3 is 0 Å². The maximum absolute atomic E-state index is 13.4. The molecule has 0 saturated heterocycles. The highest BCUT2D eigenvalue weighted by atomic mass is 32.2. The zero-order valence-corrected chi connectivity index (χ0v) is 16.4. The van der Waals surface area contributed by atoms with E-state index in [4.69, 9.17) is 0 Å². The van der Waals surface area contributed by atoms with Crippen LogP contribution >= 0.6 is 0 Å². The Kier molecular flexibility index (Phi) is 4.05. The van der Waals surface area contributed by atoms with E-state index in [9.17, 15) is 8.42 Å². The van der Waals surface area contributed by atoms with Crippen molar-refractivity contribution in [3.05, 3.63) is 42.0 Å². The summed E-state index contributed by atoms with van der Waals surface area (Å²) in [5, 5.41) is 0. The Labute approximate surface area is 157 Å². The van der Waals surface area contributed by atoms with Gasteiger partial charge in [-0.05, 0) is 87.2 Å². The quantitative estimate of drug-likeness (QED) is 0.739. The molecule has 4 heteroatoms. The molecule has 26 heavy (non-hydrogen) atoms. The van der Waals surface area contributed by atoms with Crippen LogP contribution in [-0.4, -0.2) is 25.3 Å². The maximum Gasteiger partial charge on any atom is 0.243 e. The highest BCUT2D eigenvalue weighted by Crippen LogP contribution is 2.58. The van der Waals surface area contributed by atoms with Crippen LogP contribution in [0.1, 0.15) is 44.1 Å². The zero-order valence-electron chi connectivity index (χ0n) is 15.5. The lowest BCUT2D eigenvalue weighted by atomic mass is 9.50. The molecular formula is C22H29NO2S.